The van der Waals surface area contributed by atoms with Crippen LogP contribution in [0, 0.1) is 0 Å². The average Bonchev–Trinajstić information content (AvgIpc) is 3.15. The molecule has 1 heterocycles. The lowest BCUT2D eigenvalue weighted by atomic mass is 10.1. The third kappa shape index (κ3) is 7.01. The molecule has 1 saturated heterocycles. The minimum absolute atomic E-state index is 0.0683. The van der Waals surface area contributed by atoms with Crippen LogP contribution in [0.5, 0.6) is 11.5 Å². The van der Waals surface area contributed by atoms with E-state index in [0.29, 0.717) is 39.9 Å². The first-order chi connectivity index (χ1) is 18.5. The number of benzene rings is 3. The van der Waals surface area contributed by atoms with Gasteiger partial charge in [-0.3, -0.25) is 19.3 Å². The van der Waals surface area contributed by atoms with Gasteiger partial charge in [-0.1, -0.05) is 36.4 Å². The zero-order valence-corrected chi connectivity index (χ0v) is 22.7. The lowest BCUT2D eigenvalue weighted by Crippen LogP contribution is -2.36. The maximum absolute atomic E-state index is 12.9. The Kier molecular flexibility index (Phi) is 8.66. The maximum Gasteiger partial charge on any atom is 0.416 e. The number of hydrogen-bond donors (Lipinski definition) is 1. The summed E-state index contributed by atoms with van der Waals surface area (Å²) >= 11 is 4.10. The Hall–Kier alpha value is -3.77. The number of nitrogens with zero attached hydrogens (tertiary/aromatic N) is 1. The molecule has 1 N–H and O–H groups in total. The van der Waals surface area contributed by atoms with Gasteiger partial charge >= 0.3 is 6.18 Å². The van der Waals surface area contributed by atoms with Gasteiger partial charge in [-0.05, 0) is 75.2 Å². The van der Waals surface area contributed by atoms with Gasteiger partial charge in [-0.15, -0.1) is 0 Å². The van der Waals surface area contributed by atoms with Gasteiger partial charge < -0.3 is 14.8 Å². The number of methoxy groups -OCH3 is 1. The van der Waals surface area contributed by atoms with Crippen molar-refractivity contribution in [2.24, 2.45) is 0 Å². The normalized spacial score (nSPS) is 14.6. The van der Waals surface area contributed by atoms with Crippen LogP contribution >= 0.6 is 27.7 Å². The highest BCUT2D eigenvalue weighted by atomic mass is 79.9. The molecule has 1 aliphatic rings. The van der Waals surface area contributed by atoms with Crippen LogP contribution in [0.25, 0.3) is 6.08 Å². The molecule has 0 aromatic heterocycles. The average molecular weight is 621 g/mol. The first-order valence-corrected chi connectivity index (χ1v) is 12.9. The first kappa shape index (κ1) is 28.2. The van der Waals surface area contributed by atoms with Crippen molar-refractivity contribution < 1.29 is 37.0 Å². The van der Waals surface area contributed by atoms with Gasteiger partial charge in [0, 0.05) is 5.69 Å². The number of carbonyl (C=O) groups excluding carboxylic acids is 3. The fraction of sp³-hybridized carbons (Fsp3) is 0.148. The molecule has 0 unspecified atom stereocenters. The van der Waals surface area contributed by atoms with E-state index in [1.165, 1.54) is 19.3 Å². The van der Waals surface area contributed by atoms with Crippen LogP contribution in [0.4, 0.5) is 23.7 Å². The molecule has 0 saturated carbocycles. The van der Waals surface area contributed by atoms with E-state index in [0.717, 1.165) is 28.7 Å². The van der Waals surface area contributed by atoms with Gasteiger partial charge in [0.25, 0.3) is 11.1 Å². The summed E-state index contributed by atoms with van der Waals surface area (Å²) in [6.45, 7) is -0.353. The van der Waals surface area contributed by atoms with Crippen LogP contribution in [-0.4, -0.2) is 35.6 Å². The number of ether oxygens (including phenoxy) is 2. The molecule has 3 aromatic carbocycles. The molecule has 0 aliphatic carbocycles. The number of alkyl halides is 3. The fourth-order valence-corrected chi connectivity index (χ4v) is 5.01. The summed E-state index contributed by atoms with van der Waals surface area (Å²) in [5.74, 6) is -0.671. The molecule has 12 heteroatoms. The molecule has 1 aliphatic heterocycles. The molecule has 4 rings (SSSR count). The highest BCUT2D eigenvalue weighted by Gasteiger charge is 2.36. The number of carbonyl (C=O) groups is 3. The summed E-state index contributed by atoms with van der Waals surface area (Å²) in [7, 11) is 1.47. The van der Waals surface area contributed by atoms with Crippen molar-refractivity contribution in [3.05, 3.63) is 92.8 Å². The van der Waals surface area contributed by atoms with E-state index < -0.39 is 35.3 Å². The number of amides is 3. The van der Waals surface area contributed by atoms with Crippen LogP contribution < -0.4 is 14.8 Å². The molecule has 3 aromatic rings. The number of rotatable bonds is 8. The van der Waals surface area contributed by atoms with Crippen molar-refractivity contribution in [1.29, 1.82) is 0 Å². The SMILES string of the molecule is COc1cc(/C=C2\SC(=O)N(CC(=O)Nc3cccc(C(F)(F)F)c3)C2=O)cc(Br)c1OCc1ccccc1. The van der Waals surface area contributed by atoms with E-state index in [2.05, 4.69) is 21.2 Å². The second kappa shape index (κ2) is 12.0. The Bertz CT molecular complexity index is 1450. The Morgan fingerprint density at radius 3 is 2.51 bits per heavy atom. The molecule has 0 radical (unpaired) electrons. The summed E-state index contributed by atoms with van der Waals surface area (Å²) in [5, 5.41) is 1.61. The third-order valence-electron chi connectivity index (χ3n) is 5.42. The van der Waals surface area contributed by atoms with Crippen LogP contribution in [0.3, 0.4) is 0 Å². The number of anilines is 1. The summed E-state index contributed by atoms with van der Waals surface area (Å²) in [4.78, 5) is 38.6. The fourth-order valence-electron chi connectivity index (χ4n) is 3.60. The smallest absolute Gasteiger partial charge is 0.416 e. The number of nitrogens with one attached hydrogen (secondary N) is 1. The number of hydrogen-bond acceptors (Lipinski definition) is 6. The van der Waals surface area contributed by atoms with Crippen molar-refractivity contribution >= 4 is 56.5 Å². The topological polar surface area (TPSA) is 84.9 Å². The second-order valence-corrected chi connectivity index (χ2v) is 10.1. The summed E-state index contributed by atoms with van der Waals surface area (Å²) in [6.07, 6.45) is -3.11. The maximum atomic E-state index is 12.9. The van der Waals surface area contributed by atoms with E-state index in [-0.39, 0.29) is 10.6 Å². The first-order valence-electron chi connectivity index (χ1n) is 11.3. The van der Waals surface area contributed by atoms with Crippen LogP contribution in [-0.2, 0) is 22.4 Å². The van der Waals surface area contributed by atoms with E-state index in [9.17, 15) is 27.6 Å². The highest BCUT2D eigenvalue weighted by Crippen LogP contribution is 2.39. The van der Waals surface area contributed by atoms with Crippen molar-refractivity contribution in [2.45, 2.75) is 12.8 Å². The van der Waals surface area contributed by atoms with Crippen molar-refractivity contribution in [3.63, 3.8) is 0 Å². The lowest BCUT2D eigenvalue weighted by molar-refractivity contribution is -0.137. The lowest BCUT2D eigenvalue weighted by Gasteiger charge is -2.14. The molecule has 0 atom stereocenters. The van der Waals surface area contributed by atoms with Crippen molar-refractivity contribution in [1.82, 2.24) is 4.90 Å². The molecule has 7 nitrogen and oxygen atoms in total. The Morgan fingerprint density at radius 2 is 1.82 bits per heavy atom. The van der Waals surface area contributed by atoms with E-state index in [1.54, 1.807) is 12.1 Å². The summed E-state index contributed by atoms with van der Waals surface area (Å²) < 4.78 is 50.7. The minimum atomic E-state index is -4.58. The van der Waals surface area contributed by atoms with Gasteiger partial charge in [-0.25, -0.2) is 0 Å². The Labute approximate surface area is 234 Å². The number of halogens is 4. The van der Waals surface area contributed by atoms with E-state index in [4.69, 9.17) is 9.47 Å². The molecular formula is C27H20BrF3N2O5S. The number of thioether (sulfide) groups is 1. The van der Waals surface area contributed by atoms with Gasteiger partial charge in [0.15, 0.2) is 11.5 Å². The molecule has 0 bridgehead atoms. The zero-order chi connectivity index (χ0) is 28.2. The molecular weight excluding hydrogens is 601 g/mol. The van der Waals surface area contributed by atoms with Gasteiger partial charge in [0.1, 0.15) is 13.2 Å². The molecule has 202 valence electrons. The highest BCUT2D eigenvalue weighted by molar-refractivity contribution is 9.10. The minimum Gasteiger partial charge on any atom is -0.493 e. The van der Waals surface area contributed by atoms with Crippen molar-refractivity contribution in [3.8, 4) is 11.5 Å². The van der Waals surface area contributed by atoms with Gasteiger partial charge in [-0.2, -0.15) is 13.2 Å². The second-order valence-electron chi connectivity index (χ2n) is 8.20. The molecule has 1 fully saturated rings. The van der Waals surface area contributed by atoms with Gasteiger partial charge in [0.05, 0.1) is 22.1 Å². The zero-order valence-electron chi connectivity index (χ0n) is 20.3. The molecule has 0 spiro atoms. The molecule has 39 heavy (non-hydrogen) atoms. The van der Waals surface area contributed by atoms with E-state index >= 15 is 0 Å². The Balaban J connectivity index is 1.45. The molecule has 3 amide bonds. The van der Waals surface area contributed by atoms with Crippen LogP contribution in [0.1, 0.15) is 16.7 Å². The number of imide groups is 1. The van der Waals surface area contributed by atoms with Gasteiger partial charge in [0.2, 0.25) is 5.91 Å². The Morgan fingerprint density at radius 1 is 1.08 bits per heavy atom. The third-order valence-corrected chi connectivity index (χ3v) is 6.92. The summed E-state index contributed by atoms with van der Waals surface area (Å²) in [5.41, 5.74) is 0.447. The van der Waals surface area contributed by atoms with Crippen LogP contribution in [0.15, 0.2) is 76.1 Å². The quantitative estimate of drug-likeness (QED) is 0.281. The largest absolute Gasteiger partial charge is 0.493 e. The van der Waals surface area contributed by atoms with Crippen molar-refractivity contribution in [2.75, 3.05) is 19.0 Å². The van der Waals surface area contributed by atoms with Crippen LogP contribution in [0.2, 0.25) is 0 Å². The standard InChI is InChI=1S/C27H20BrF3N2O5S/c1-37-21-11-17(10-20(28)24(21)38-15-16-6-3-2-4-7-16)12-22-25(35)33(26(36)39-22)14-23(34)32-19-9-5-8-18(13-19)27(29,30)31/h2-13H,14-15H2,1H3,(H,32,34)/b22-12-. The monoisotopic (exact) mass is 620 g/mol. The predicted octanol–water partition coefficient (Wildman–Crippen LogP) is 6.73. The van der Waals surface area contributed by atoms with E-state index in [1.807, 2.05) is 30.3 Å². The summed E-state index contributed by atoms with van der Waals surface area (Å²) in [6, 6.07) is 16.9. The predicted molar refractivity (Wildman–Crippen MR) is 144 cm³/mol.